The Balaban J connectivity index is 1.90. The van der Waals surface area contributed by atoms with Crippen LogP contribution in [-0.2, 0) is 4.74 Å². The molecule has 2 aliphatic rings. The number of halogens is 3. The fraction of sp³-hybridized carbons (Fsp3) is 0.692. The van der Waals surface area contributed by atoms with Crippen molar-refractivity contribution in [2.24, 2.45) is 0 Å². The number of aromatic nitrogens is 2. The van der Waals surface area contributed by atoms with Gasteiger partial charge in [0.25, 0.3) is 5.91 Å². The first kappa shape index (κ1) is 15.1. The van der Waals surface area contributed by atoms with Gasteiger partial charge in [0.15, 0.2) is 5.82 Å². The normalized spacial score (nSPS) is 25.8. The predicted molar refractivity (Wildman–Crippen MR) is 71.9 cm³/mol. The van der Waals surface area contributed by atoms with Gasteiger partial charge < -0.3 is 15.0 Å². The van der Waals surface area contributed by atoms with E-state index in [1.54, 1.807) is 6.07 Å². The molecule has 0 bridgehead atoms. The second-order valence-corrected chi connectivity index (χ2v) is 5.63. The van der Waals surface area contributed by atoms with E-state index in [4.69, 9.17) is 4.74 Å². The van der Waals surface area contributed by atoms with Crippen LogP contribution < -0.4 is 10.2 Å². The minimum absolute atomic E-state index is 0.0644. The monoisotopic (exact) mass is 318 g/mol. The van der Waals surface area contributed by atoms with Crippen molar-refractivity contribution >= 4 is 11.7 Å². The first-order valence-corrected chi connectivity index (χ1v) is 7.14. The highest BCUT2D eigenvalue weighted by atomic mass is 19.4. The lowest BCUT2D eigenvalue weighted by atomic mass is 10.1. The summed E-state index contributed by atoms with van der Waals surface area (Å²) in [5, 5.41) is 6.76. The van der Waals surface area contributed by atoms with Crippen LogP contribution in [-0.4, -0.2) is 54.2 Å². The van der Waals surface area contributed by atoms with Crippen molar-refractivity contribution in [1.82, 2.24) is 15.1 Å². The third-order valence-electron chi connectivity index (χ3n) is 3.93. The van der Waals surface area contributed by atoms with Crippen molar-refractivity contribution in [1.29, 1.82) is 0 Å². The lowest BCUT2D eigenvalue weighted by Gasteiger charge is -2.33. The highest BCUT2D eigenvalue weighted by Gasteiger charge is 2.38. The smallest absolute Gasteiger partial charge is 0.377 e. The lowest BCUT2D eigenvalue weighted by molar-refractivity contribution is -0.143. The van der Waals surface area contributed by atoms with Crippen molar-refractivity contribution in [3.63, 3.8) is 0 Å². The van der Waals surface area contributed by atoms with E-state index in [0.717, 1.165) is 0 Å². The summed E-state index contributed by atoms with van der Waals surface area (Å²) >= 11 is 0. The summed E-state index contributed by atoms with van der Waals surface area (Å²) in [7, 11) is 0. The van der Waals surface area contributed by atoms with Crippen LogP contribution in [0.1, 0.15) is 29.9 Å². The van der Waals surface area contributed by atoms with Gasteiger partial charge in [-0.15, -0.1) is 0 Å². The maximum Gasteiger partial charge on any atom is 0.391 e. The van der Waals surface area contributed by atoms with Crippen LogP contribution in [0.25, 0.3) is 0 Å². The summed E-state index contributed by atoms with van der Waals surface area (Å²) in [5.74, 6) is 0.133. The van der Waals surface area contributed by atoms with Gasteiger partial charge in [-0.2, -0.15) is 18.3 Å². The number of nitrogens with one attached hydrogen (secondary N) is 1. The quantitative estimate of drug-likeness (QED) is 0.894. The molecule has 0 saturated carbocycles. The van der Waals surface area contributed by atoms with E-state index in [0.29, 0.717) is 25.6 Å². The summed E-state index contributed by atoms with van der Waals surface area (Å²) in [6.07, 6.45) is -5.32. The van der Waals surface area contributed by atoms with E-state index >= 15 is 0 Å². The summed E-state index contributed by atoms with van der Waals surface area (Å²) in [5.41, 5.74) is 0.175. The lowest BCUT2D eigenvalue weighted by Crippen LogP contribution is -2.44. The summed E-state index contributed by atoms with van der Waals surface area (Å²) in [6.45, 7) is 3.55. The molecule has 0 spiro atoms. The number of hydrogen-bond acceptors (Lipinski definition) is 4. The number of amides is 1. The summed E-state index contributed by atoms with van der Waals surface area (Å²) < 4.78 is 44.6. The molecule has 3 heterocycles. The third-order valence-corrected chi connectivity index (χ3v) is 3.93. The molecule has 1 saturated heterocycles. The number of nitrogens with zero attached hydrogens (tertiary/aromatic N) is 3. The first-order chi connectivity index (χ1) is 10.3. The van der Waals surface area contributed by atoms with E-state index in [1.807, 2.05) is 11.8 Å². The Labute approximate surface area is 125 Å². The third kappa shape index (κ3) is 2.90. The molecule has 1 fully saturated rings. The zero-order valence-electron chi connectivity index (χ0n) is 12.1. The van der Waals surface area contributed by atoms with Gasteiger partial charge in [-0.05, 0) is 6.92 Å². The number of alkyl halides is 3. The molecule has 0 aromatic carbocycles. The molecular weight excluding hydrogens is 301 g/mol. The number of ether oxygens (including phenoxy) is 1. The molecule has 1 N–H and O–H groups in total. The van der Waals surface area contributed by atoms with Crippen molar-refractivity contribution in [3.05, 3.63) is 11.8 Å². The van der Waals surface area contributed by atoms with E-state index in [2.05, 4.69) is 10.4 Å². The highest BCUT2D eigenvalue weighted by molar-refractivity contribution is 5.94. The molecule has 6 nitrogen and oxygen atoms in total. The molecule has 122 valence electrons. The van der Waals surface area contributed by atoms with Gasteiger partial charge in [0.2, 0.25) is 0 Å². The molecule has 22 heavy (non-hydrogen) atoms. The zero-order chi connectivity index (χ0) is 15.9. The minimum Gasteiger partial charge on any atom is -0.377 e. The highest BCUT2D eigenvalue weighted by Crippen LogP contribution is 2.31. The number of morpholine rings is 1. The fourth-order valence-corrected chi connectivity index (χ4v) is 2.85. The van der Waals surface area contributed by atoms with Gasteiger partial charge in [0.1, 0.15) is 5.69 Å². The Hall–Kier alpha value is -1.77. The Morgan fingerprint density at radius 3 is 2.95 bits per heavy atom. The fourth-order valence-electron chi connectivity index (χ4n) is 2.85. The van der Waals surface area contributed by atoms with E-state index in [9.17, 15) is 18.0 Å². The topological polar surface area (TPSA) is 59.4 Å². The molecule has 9 heteroatoms. The van der Waals surface area contributed by atoms with Crippen LogP contribution in [0.3, 0.4) is 0 Å². The van der Waals surface area contributed by atoms with E-state index in [-0.39, 0.29) is 18.3 Å². The van der Waals surface area contributed by atoms with Crippen LogP contribution >= 0.6 is 0 Å². The molecule has 3 rings (SSSR count). The predicted octanol–water partition coefficient (Wildman–Crippen LogP) is 1.35. The molecule has 1 aromatic heterocycles. The maximum absolute atomic E-state index is 12.7. The van der Waals surface area contributed by atoms with Crippen molar-refractivity contribution in [3.8, 4) is 0 Å². The number of fused-ring (bicyclic) bond motifs is 1. The second-order valence-electron chi connectivity index (χ2n) is 5.63. The molecule has 1 amide bonds. The molecule has 0 unspecified atom stereocenters. The first-order valence-electron chi connectivity index (χ1n) is 7.14. The Morgan fingerprint density at radius 2 is 2.27 bits per heavy atom. The Kier molecular flexibility index (Phi) is 3.75. The Morgan fingerprint density at radius 1 is 1.50 bits per heavy atom. The molecule has 0 aliphatic carbocycles. The van der Waals surface area contributed by atoms with Gasteiger partial charge in [-0.3, -0.25) is 9.48 Å². The number of rotatable bonds is 2. The van der Waals surface area contributed by atoms with Crippen molar-refractivity contribution in [2.45, 2.75) is 31.6 Å². The standard InChI is InChI=1S/C13H17F3N4O2/c1-8-7-22-3-2-19(8)11-4-10-12(21)17-6-9(20(10)18-11)5-13(14,15)16/h4,8-9H,2-3,5-7H2,1H3,(H,17,21)/t8-,9-/m1/s1. The average molecular weight is 318 g/mol. The van der Waals surface area contributed by atoms with Gasteiger partial charge >= 0.3 is 6.18 Å². The van der Waals surface area contributed by atoms with Crippen molar-refractivity contribution < 1.29 is 22.7 Å². The van der Waals surface area contributed by atoms with Crippen LogP contribution in [0.4, 0.5) is 19.0 Å². The van der Waals surface area contributed by atoms with E-state index < -0.39 is 24.5 Å². The number of hydrogen-bond donors (Lipinski definition) is 1. The summed E-state index contributed by atoms with van der Waals surface area (Å²) in [6, 6.07) is 0.715. The zero-order valence-corrected chi connectivity index (χ0v) is 12.1. The average Bonchev–Trinajstić information content (AvgIpc) is 2.87. The second kappa shape index (κ2) is 5.45. The largest absolute Gasteiger partial charge is 0.391 e. The SMILES string of the molecule is C[C@@H]1COCCN1c1cc2n(n1)[C@H](CC(F)(F)F)CNC2=O. The molecule has 2 atom stereocenters. The Bertz CT molecular complexity index is 572. The van der Waals surface area contributed by atoms with Gasteiger partial charge in [-0.25, -0.2) is 0 Å². The van der Waals surface area contributed by atoms with Crippen LogP contribution in [0.2, 0.25) is 0 Å². The number of carbonyl (C=O) groups excluding carboxylic acids is 1. The maximum atomic E-state index is 12.7. The minimum atomic E-state index is -4.30. The van der Waals surface area contributed by atoms with Crippen LogP contribution in [0.5, 0.6) is 0 Å². The molecule has 2 aliphatic heterocycles. The number of anilines is 1. The molecule has 1 aromatic rings. The molecule has 0 radical (unpaired) electrons. The summed E-state index contributed by atoms with van der Waals surface area (Å²) in [4.78, 5) is 13.8. The van der Waals surface area contributed by atoms with Crippen LogP contribution in [0.15, 0.2) is 6.07 Å². The van der Waals surface area contributed by atoms with Crippen molar-refractivity contribution in [2.75, 3.05) is 31.2 Å². The van der Waals surface area contributed by atoms with E-state index in [1.165, 1.54) is 4.68 Å². The van der Waals surface area contributed by atoms with Crippen LogP contribution in [0, 0.1) is 0 Å². The van der Waals surface area contributed by atoms with Gasteiger partial charge in [0.05, 0.1) is 31.7 Å². The number of carbonyl (C=O) groups is 1. The van der Waals surface area contributed by atoms with Gasteiger partial charge in [-0.1, -0.05) is 0 Å². The van der Waals surface area contributed by atoms with Gasteiger partial charge in [0, 0.05) is 19.2 Å². The molecular formula is C13H17F3N4O2.